The van der Waals surface area contributed by atoms with Crippen molar-refractivity contribution in [3.63, 3.8) is 0 Å². The minimum atomic E-state index is -0.685. The average molecular weight is 280 g/mol. The third-order valence-corrected chi connectivity index (χ3v) is 3.29. The zero-order valence-corrected chi connectivity index (χ0v) is 10.9. The van der Waals surface area contributed by atoms with Crippen molar-refractivity contribution in [1.82, 2.24) is 5.32 Å². The van der Waals surface area contributed by atoms with Crippen LogP contribution in [0.4, 0.5) is 0 Å². The minimum Gasteiger partial charge on any atom is -0.338 e. The molecule has 3 nitrogen and oxygen atoms in total. The van der Waals surface area contributed by atoms with Crippen LogP contribution in [0.5, 0.6) is 0 Å². The quantitative estimate of drug-likeness (QED) is 0.668. The summed E-state index contributed by atoms with van der Waals surface area (Å²) < 4.78 is 0. The summed E-state index contributed by atoms with van der Waals surface area (Å²) in [5.74, 6) is -0.610. The Morgan fingerprint density at radius 2 is 2.11 bits per heavy atom. The molecular weight excluding hydrogens is 270 g/mol. The van der Waals surface area contributed by atoms with Crippen LogP contribution in [-0.4, -0.2) is 22.6 Å². The van der Waals surface area contributed by atoms with Crippen LogP contribution >= 0.6 is 23.8 Å². The van der Waals surface area contributed by atoms with Crippen molar-refractivity contribution in [1.29, 1.82) is 0 Å². The van der Waals surface area contributed by atoms with Crippen LogP contribution in [0.3, 0.4) is 0 Å². The molecule has 1 atom stereocenters. The lowest BCUT2D eigenvalue weighted by Crippen LogP contribution is -2.43. The van der Waals surface area contributed by atoms with Gasteiger partial charge in [0.05, 0.1) is 15.5 Å². The predicted octanol–water partition coefficient (Wildman–Crippen LogP) is 2.34. The number of nitrogens with one attached hydrogen (secondary N) is 1. The molecule has 5 heteroatoms. The van der Waals surface area contributed by atoms with Gasteiger partial charge in [0.1, 0.15) is 6.04 Å². The fourth-order valence-electron chi connectivity index (χ4n) is 1.65. The first kappa shape index (κ1) is 12.9. The van der Waals surface area contributed by atoms with E-state index >= 15 is 0 Å². The molecule has 92 valence electrons. The Morgan fingerprint density at radius 3 is 2.83 bits per heavy atom. The van der Waals surface area contributed by atoms with Gasteiger partial charge in [-0.05, 0) is 12.1 Å². The summed E-state index contributed by atoms with van der Waals surface area (Å²) in [7, 11) is 0. The van der Waals surface area contributed by atoms with Crippen molar-refractivity contribution in [2.24, 2.45) is 0 Å². The van der Waals surface area contributed by atoms with Crippen molar-refractivity contribution >= 4 is 40.4 Å². The lowest BCUT2D eigenvalue weighted by molar-refractivity contribution is -0.113. The van der Waals surface area contributed by atoms with Crippen molar-refractivity contribution in [3.8, 4) is 0 Å². The molecule has 18 heavy (non-hydrogen) atoms. The number of Topliss-reactive ketones (excluding diaryl/α,β-unsaturated/α-hetero) is 1. The molecule has 1 aromatic rings. The van der Waals surface area contributed by atoms with Gasteiger partial charge in [-0.1, -0.05) is 48.1 Å². The van der Waals surface area contributed by atoms with Crippen molar-refractivity contribution in [2.45, 2.75) is 12.5 Å². The number of hydrogen-bond acceptors (Lipinski definition) is 3. The molecule has 0 fully saturated rings. The van der Waals surface area contributed by atoms with E-state index in [-0.39, 0.29) is 11.7 Å². The molecule has 2 rings (SSSR count). The second-order valence-corrected chi connectivity index (χ2v) is 4.75. The van der Waals surface area contributed by atoms with Gasteiger partial charge >= 0.3 is 0 Å². The van der Waals surface area contributed by atoms with E-state index < -0.39 is 6.04 Å². The van der Waals surface area contributed by atoms with Gasteiger partial charge in [0.25, 0.3) is 5.91 Å². The van der Waals surface area contributed by atoms with E-state index in [1.165, 1.54) is 0 Å². The highest BCUT2D eigenvalue weighted by Crippen LogP contribution is 2.15. The topological polar surface area (TPSA) is 46.2 Å². The molecule has 1 aliphatic carbocycles. The summed E-state index contributed by atoms with van der Waals surface area (Å²) in [5.41, 5.74) is 0.344. The van der Waals surface area contributed by atoms with E-state index in [1.807, 2.05) is 0 Å². The van der Waals surface area contributed by atoms with Gasteiger partial charge in [0.2, 0.25) is 0 Å². The third-order valence-electron chi connectivity index (χ3n) is 2.59. The maximum atomic E-state index is 12.0. The molecule has 0 aromatic heterocycles. The summed E-state index contributed by atoms with van der Waals surface area (Å²) in [6.07, 6.45) is 3.89. The Bertz CT molecular complexity index is 554. The molecule has 0 heterocycles. The molecule has 1 amide bonds. The number of ketones is 1. The van der Waals surface area contributed by atoms with Gasteiger partial charge in [-0.25, -0.2) is 0 Å². The van der Waals surface area contributed by atoms with Crippen LogP contribution in [0, 0.1) is 0 Å². The highest BCUT2D eigenvalue weighted by molar-refractivity contribution is 7.82. The van der Waals surface area contributed by atoms with E-state index in [9.17, 15) is 9.59 Å². The molecule has 0 saturated carbocycles. The molecule has 0 spiro atoms. The minimum absolute atomic E-state index is 0.229. The lowest BCUT2D eigenvalue weighted by atomic mass is 10.0. The Hall–Kier alpha value is -1.52. The number of carbonyl (C=O) groups is 2. The predicted molar refractivity (Wildman–Crippen MR) is 74.1 cm³/mol. The Morgan fingerprint density at radius 1 is 1.39 bits per heavy atom. The van der Waals surface area contributed by atoms with E-state index in [0.29, 0.717) is 21.9 Å². The molecule has 1 unspecified atom stereocenters. The van der Waals surface area contributed by atoms with Crippen molar-refractivity contribution < 1.29 is 9.59 Å². The van der Waals surface area contributed by atoms with Crippen molar-refractivity contribution in [3.05, 3.63) is 47.0 Å². The summed E-state index contributed by atoms with van der Waals surface area (Å²) >= 11 is 10.8. The average Bonchev–Trinajstić information content (AvgIpc) is 2.35. The number of amides is 1. The second kappa shape index (κ2) is 5.42. The smallest absolute Gasteiger partial charge is 0.253 e. The molecule has 0 saturated heterocycles. The van der Waals surface area contributed by atoms with Crippen LogP contribution in [0.2, 0.25) is 5.02 Å². The fourth-order valence-corrected chi connectivity index (χ4v) is 2.10. The third kappa shape index (κ3) is 2.66. The normalized spacial score (nSPS) is 18.8. The van der Waals surface area contributed by atoms with Gasteiger partial charge in [0, 0.05) is 6.42 Å². The van der Waals surface area contributed by atoms with Gasteiger partial charge in [0.15, 0.2) is 5.78 Å². The highest BCUT2D eigenvalue weighted by atomic mass is 35.5. The van der Waals surface area contributed by atoms with Crippen LogP contribution in [0.25, 0.3) is 0 Å². The Kier molecular flexibility index (Phi) is 3.89. The zero-order chi connectivity index (χ0) is 13.1. The van der Waals surface area contributed by atoms with Crippen molar-refractivity contribution in [2.75, 3.05) is 0 Å². The summed E-state index contributed by atoms with van der Waals surface area (Å²) in [4.78, 5) is 24.0. The number of halogens is 1. The van der Waals surface area contributed by atoms with Crippen LogP contribution in [0.15, 0.2) is 36.4 Å². The van der Waals surface area contributed by atoms with Gasteiger partial charge in [-0.2, -0.15) is 0 Å². The summed E-state index contributed by atoms with van der Waals surface area (Å²) in [6.45, 7) is 0. The van der Waals surface area contributed by atoms with Gasteiger partial charge < -0.3 is 5.32 Å². The van der Waals surface area contributed by atoms with Crippen LogP contribution < -0.4 is 5.32 Å². The Balaban J connectivity index is 2.15. The first-order chi connectivity index (χ1) is 8.59. The highest BCUT2D eigenvalue weighted by Gasteiger charge is 2.24. The SMILES string of the molecule is O=C(NC1C=CCC(=S)C1=O)c1ccccc1Cl. The Labute approximate surface area is 115 Å². The maximum Gasteiger partial charge on any atom is 0.253 e. The molecule has 0 aliphatic heterocycles. The van der Waals surface area contributed by atoms with Gasteiger partial charge in [-0.15, -0.1) is 0 Å². The maximum absolute atomic E-state index is 12.0. The van der Waals surface area contributed by atoms with Crippen LogP contribution in [0.1, 0.15) is 16.8 Å². The monoisotopic (exact) mass is 279 g/mol. The number of benzene rings is 1. The van der Waals surface area contributed by atoms with Gasteiger partial charge in [-0.3, -0.25) is 9.59 Å². The number of allylic oxidation sites excluding steroid dienone is 1. The number of carbonyl (C=O) groups excluding carboxylic acids is 2. The van der Waals surface area contributed by atoms with Crippen LogP contribution in [-0.2, 0) is 4.79 Å². The van der Waals surface area contributed by atoms with E-state index in [1.54, 1.807) is 36.4 Å². The number of hydrogen-bond donors (Lipinski definition) is 1. The van der Waals surface area contributed by atoms with E-state index in [2.05, 4.69) is 5.32 Å². The molecular formula is C13H10ClNO2S. The molecule has 1 N–H and O–H groups in total. The standard InChI is InChI=1S/C13H10ClNO2S/c14-9-5-2-1-4-8(9)13(17)15-10-6-3-7-11(18)12(10)16/h1-6,10H,7H2,(H,15,17). The summed E-state index contributed by atoms with van der Waals surface area (Å²) in [6, 6.07) is 5.99. The fraction of sp³-hybridized carbons (Fsp3) is 0.154. The second-order valence-electron chi connectivity index (χ2n) is 3.85. The number of thiocarbonyl (C=S) groups is 1. The molecule has 0 bridgehead atoms. The largest absolute Gasteiger partial charge is 0.338 e. The molecule has 1 aliphatic rings. The number of rotatable bonds is 2. The first-order valence-corrected chi connectivity index (χ1v) is 6.17. The van der Waals surface area contributed by atoms with E-state index in [0.717, 1.165) is 0 Å². The zero-order valence-electron chi connectivity index (χ0n) is 9.35. The molecule has 1 aromatic carbocycles. The summed E-state index contributed by atoms with van der Waals surface area (Å²) in [5, 5.41) is 2.96. The lowest BCUT2D eigenvalue weighted by Gasteiger charge is -2.17. The first-order valence-electron chi connectivity index (χ1n) is 5.38. The molecule has 0 radical (unpaired) electrons. The van der Waals surface area contributed by atoms with E-state index in [4.69, 9.17) is 23.8 Å².